The molecule has 0 heterocycles. The van der Waals surface area contributed by atoms with Crippen LogP contribution in [0.3, 0.4) is 0 Å². The van der Waals surface area contributed by atoms with Gasteiger partial charge in [0.15, 0.2) is 0 Å². The molecule has 12 nitrogen and oxygen atoms in total. The fourth-order valence-corrected chi connectivity index (χ4v) is 5.26. The van der Waals surface area contributed by atoms with E-state index in [9.17, 15) is 44.9 Å². The average molecular weight is 573 g/mol. The summed E-state index contributed by atoms with van der Waals surface area (Å²) >= 11 is 0. The van der Waals surface area contributed by atoms with Crippen LogP contribution in [0.25, 0.3) is 0 Å². The van der Waals surface area contributed by atoms with Gasteiger partial charge in [0, 0.05) is 6.42 Å². The van der Waals surface area contributed by atoms with Crippen molar-refractivity contribution in [3.05, 3.63) is 0 Å². The van der Waals surface area contributed by atoms with Crippen LogP contribution in [0.4, 0.5) is 0 Å². The molecule has 0 aromatic rings. The minimum Gasteiger partial charge on any atom is -0.463 e. The number of hydrogen-bond acceptors (Lipinski definition) is 11. The molecule has 0 saturated heterocycles. The molecule has 0 radical (unpaired) electrons. The monoisotopic (exact) mass is 572 g/mol. The molecule has 0 amide bonds. The molecule has 1 aliphatic rings. The van der Waals surface area contributed by atoms with Crippen LogP contribution < -0.4 is 0 Å². The number of phosphoric ester groups is 1. The van der Waals surface area contributed by atoms with Gasteiger partial charge in [-0.15, -0.1) is 0 Å². The van der Waals surface area contributed by atoms with Gasteiger partial charge in [-0.25, -0.2) is 4.57 Å². The maximum absolute atomic E-state index is 12.1. The van der Waals surface area contributed by atoms with Crippen LogP contribution >= 0.6 is 7.82 Å². The number of esters is 1. The highest BCUT2D eigenvalue weighted by Gasteiger charge is 2.51. The molecule has 1 fully saturated rings. The third kappa shape index (κ3) is 14.1. The summed E-state index contributed by atoms with van der Waals surface area (Å²) in [6.45, 7) is 0.973. The lowest BCUT2D eigenvalue weighted by Crippen LogP contribution is -2.64. The lowest BCUT2D eigenvalue weighted by Gasteiger charge is -2.41. The summed E-state index contributed by atoms with van der Waals surface area (Å²) in [7, 11) is -4.98. The Labute approximate surface area is 225 Å². The third-order valence-corrected chi connectivity index (χ3v) is 7.66. The van der Waals surface area contributed by atoms with Crippen LogP contribution in [0, 0.1) is 0 Å². The fourth-order valence-electron chi connectivity index (χ4n) is 4.28. The summed E-state index contributed by atoms with van der Waals surface area (Å²) in [6, 6.07) is 0. The Morgan fingerprint density at radius 2 is 1.13 bits per heavy atom. The van der Waals surface area contributed by atoms with E-state index in [0.717, 1.165) is 19.3 Å². The Kier molecular flexibility index (Phi) is 18.1. The summed E-state index contributed by atoms with van der Waals surface area (Å²) < 4.78 is 26.3. The van der Waals surface area contributed by atoms with E-state index in [0.29, 0.717) is 6.42 Å². The van der Waals surface area contributed by atoms with Crippen LogP contribution in [-0.2, 0) is 23.1 Å². The van der Waals surface area contributed by atoms with Gasteiger partial charge in [0.2, 0.25) is 0 Å². The van der Waals surface area contributed by atoms with Crippen molar-refractivity contribution in [3.8, 4) is 0 Å². The average Bonchev–Trinajstić information content (AvgIpc) is 2.89. The summed E-state index contributed by atoms with van der Waals surface area (Å²) in [5, 5.41) is 58.5. The van der Waals surface area contributed by atoms with Crippen molar-refractivity contribution in [1.82, 2.24) is 0 Å². The van der Waals surface area contributed by atoms with E-state index in [2.05, 4.69) is 16.0 Å². The second-order valence-electron chi connectivity index (χ2n) is 10.1. The maximum atomic E-state index is 12.1. The largest absolute Gasteiger partial charge is 0.472 e. The van der Waals surface area contributed by atoms with E-state index in [1.54, 1.807) is 0 Å². The number of hydrogen-bond donors (Lipinski definition) is 7. The van der Waals surface area contributed by atoms with Gasteiger partial charge < -0.3 is 40.3 Å². The number of carbonyl (C=O) groups excluding carboxylic acids is 1. The van der Waals surface area contributed by atoms with Gasteiger partial charge in [-0.05, 0) is 6.42 Å². The van der Waals surface area contributed by atoms with Crippen molar-refractivity contribution < 1.29 is 58.7 Å². The zero-order valence-corrected chi connectivity index (χ0v) is 23.4. The van der Waals surface area contributed by atoms with Crippen molar-refractivity contribution in [2.45, 2.75) is 140 Å². The molecule has 38 heavy (non-hydrogen) atoms. The van der Waals surface area contributed by atoms with E-state index in [1.807, 2.05) is 0 Å². The van der Waals surface area contributed by atoms with Crippen LogP contribution in [0.15, 0.2) is 0 Å². The molecule has 0 aromatic carbocycles. The minimum absolute atomic E-state index is 0.195. The van der Waals surface area contributed by atoms with Crippen molar-refractivity contribution in [3.63, 3.8) is 0 Å². The fraction of sp³-hybridized carbons (Fsp3) is 0.960. The van der Waals surface area contributed by atoms with Crippen molar-refractivity contribution in [1.29, 1.82) is 0 Å². The maximum Gasteiger partial charge on any atom is 0.472 e. The van der Waals surface area contributed by atoms with E-state index in [1.165, 1.54) is 57.8 Å². The highest BCUT2D eigenvalue weighted by Crippen LogP contribution is 2.47. The molecule has 0 spiro atoms. The van der Waals surface area contributed by atoms with Gasteiger partial charge in [-0.3, -0.25) is 13.8 Å². The number of phosphoric acid groups is 1. The second-order valence-corrected chi connectivity index (χ2v) is 11.5. The molecule has 226 valence electrons. The lowest BCUT2D eigenvalue weighted by molar-refractivity contribution is -0.220. The normalized spacial score (nSPS) is 28.1. The third-order valence-electron chi connectivity index (χ3n) is 6.68. The summed E-state index contributed by atoms with van der Waals surface area (Å²) in [6.07, 6.45) is 2.42. The number of unbranched alkanes of at least 4 members (excludes halogenated alkanes) is 12. The van der Waals surface area contributed by atoms with E-state index >= 15 is 0 Å². The molecule has 0 bridgehead atoms. The van der Waals surface area contributed by atoms with Gasteiger partial charge in [0.05, 0.1) is 6.61 Å². The molecule has 1 rings (SSSR count). The van der Waals surface area contributed by atoms with Crippen LogP contribution in [0.1, 0.15) is 96.8 Å². The Morgan fingerprint density at radius 3 is 1.61 bits per heavy atom. The topological polar surface area (TPSA) is 203 Å². The van der Waals surface area contributed by atoms with Crippen LogP contribution in [-0.4, -0.2) is 97.4 Å². The Bertz CT molecular complexity index is 665. The number of ether oxygens (including phenoxy) is 1. The molecule has 7 N–H and O–H groups in total. The molecule has 0 aromatic heterocycles. The number of aliphatic hydroxyl groups excluding tert-OH is 6. The lowest BCUT2D eigenvalue weighted by atomic mass is 9.85. The number of carbonyl (C=O) groups is 1. The quantitative estimate of drug-likeness (QED) is 0.0596. The van der Waals surface area contributed by atoms with Crippen molar-refractivity contribution in [2.24, 2.45) is 0 Å². The molecule has 13 heteroatoms. The summed E-state index contributed by atoms with van der Waals surface area (Å²) in [5.41, 5.74) is 0. The number of rotatable bonds is 21. The highest BCUT2D eigenvalue weighted by molar-refractivity contribution is 7.47. The first-order valence-corrected chi connectivity index (χ1v) is 15.4. The molecule has 0 aliphatic heterocycles. The zero-order valence-electron chi connectivity index (χ0n) is 22.5. The predicted octanol–water partition coefficient (Wildman–Crippen LogP) is 1.69. The standard InChI is InChI=1S/C25H49O12P/c1-2-3-4-5-6-7-8-9-10-11-12-13-14-15-19(27)35-16-18(26)17-36-38(33,34)37-25-23(31)21(29)20(28)22(30)24(25)32/h18,20-26,28-32H,2-17H2,1H3,(H,33,34)/t18-,20-,21?,22?,23?,24?,25-/m1/s1. The van der Waals surface area contributed by atoms with Gasteiger partial charge >= 0.3 is 13.8 Å². The van der Waals surface area contributed by atoms with Crippen LogP contribution in [0.5, 0.6) is 0 Å². The Hall–Kier alpha value is -0.660. The zero-order chi connectivity index (χ0) is 28.6. The van der Waals surface area contributed by atoms with E-state index in [4.69, 9.17) is 4.74 Å². The minimum atomic E-state index is -4.98. The van der Waals surface area contributed by atoms with Gasteiger partial charge in [-0.1, -0.05) is 84.0 Å². The smallest absolute Gasteiger partial charge is 0.463 e. The summed E-state index contributed by atoms with van der Waals surface area (Å²) in [4.78, 5) is 21.6. The van der Waals surface area contributed by atoms with Crippen molar-refractivity contribution in [2.75, 3.05) is 13.2 Å². The van der Waals surface area contributed by atoms with Crippen LogP contribution in [0.2, 0.25) is 0 Å². The molecule has 5 unspecified atom stereocenters. The Morgan fingerprint density at radius 1 is 0.711 bits per heavy atom. The number of aliphatic hydroxyl groups is 6. The first-order valence-electron chi connectivity index (χ1n) is 13.9. The molecular formula is C25H49O12P. The predicted molar refractivity (Wildman–Crippen MR) is 138 cm³/mol. The summed E-state index contributed by atoms with van der Waals surface area (Å²) in [5.74, 6) is -0.509. The van der Waals surface area contributed by atoms with Gasteiger partial charge in [-0.2, -0.15) is 0 Å². The molecular weight excluding hydrogens is 523 g/mol. The SMILES string of the molecule is CCCCCCCCCCCCCCCC(=O)OC[C@@H](O)COP(=O)(O)O[C@H]1C(O)C(O)[C@H](O)C(O)C1O. The molecule has 1 aliphatic carbocycles. The van der Waals surface area contributed by atoms with E-state index in [-0.39, 0.29) is 6.42 Å². The first kappa shape index (κ1) is 35.4. The molecule has 1 saturated carbocycles. The first-order chi connectivity index (χ1) is 18.0. The molecule has 6 atom stereocenters. The van der Waals surface area contributed by atoms with Crippen molar-refractivity contribution >= 4 is 13.8 Å². The van der Waals surface area contributed by atoms with Gasteiger partial charge in [0.25, 0.3) is 0 Å². The van der Waals surface area contributed by atoms with Gasteiger partial charge in [0.1, 0.15) is 49.3 Å². The highest BCUT2D eigenvalue weighted by atomic mass is 31.2. The second kappa shape index (κ2) is 19.4. The van der Waals surface area contributed by atoms with E-state index < -0.39 is 69.7 Å². The Balaban J connectivity index is 2.11.